The van der Waals surface area contributed by atoms with Crippen molar-refractivity contribution in [2.45, 2.75) is 44.8 Å². The fourth-order valence-electron chi connectivity index (χ4n) is 2.88. The van der Waals surface area contributed by atoms with Crippen LogP contribution in [0.1, 0.15) is 44.3 Å². The summed E-state index contributed by atoms with van der Waals surface area (Å²) in [7, 11) is 1.63. The molecule has 22 heavy (non-hydrogen) atoms. The van der Waals surface area contributed by atoms with Gasteiger partial charge in [-0.1, -0.05) is 18.6 Å². The predicted octanol–water partition coefficient (Wildman–Crippen LogP) is 2.57. The standard InChI is InChI=1S/C17H24FNO3/c1-12(15(20)13-4-6-14(18)7-5-13)19-16(21)17(8-3-9-17)10-11-22-2/h4-7,12,15,20H,3,8-11H2,1-2H3,(H,19,21). The van der Waals surface area contributed by atoms with E-state index in [9.17, 15) is 14.3 Å². The summed E-state index contributed by atoms with van der Waals surface area (Å²) in [4.78, 5) is 12.5. The van der Waals surface area contributed by atoms with Crippen LogP contribution in [0, 0.1) is 11.2 Å². The third kappa shape index (κ3) is 3.65. The molecule has 0 aliphatic heterocycles. The Bertz CT molecular complexity index is 499. The number of nitrogens with one attached hydrogen (secondary N) is 1. The highest BCUT2D eigenvalue weighted by atomic mass is 19.1. The molecule has 2 atom stereocenters. The number of hydrogen-bond acceptors (Lipinski definition) is 3. The van der Waals surface area contributed by atoms with E-state index < -0.39 is 12.1 Å². The van der Waals surface area contributed by atoms with Crippen LogP contribution in [0.15, 0.2) is 24.3 Å². The molecule has 4 nitrogen and oxygen atoms in total. The lowest BCUT2D eigenvalue weighted by Gasteiger charge is -2.41. The van der Waals surface area contributed by atoms with E-state index in [4.69, 9.17) is 4.74 Å². The summed E-state index contributed by atoms with van der Waals surface area (Å²) in [5.41, 5.74) is 0.237. The minimum absolute atomic E-state index is 0.0236. The van der Waals surface area contributed by atoms with Crippen LogP contribution in [0.3, 0.4) is 0 Å². The molecule has 122 valence electrons. The van der Waals surface area contributed by atoms with Crippen molar-refractivity contribution in [1.29, 1.82) is 0 Å². The molecule has 1 aromatic rings. The van der Waals surface area contributed by atoms with Gasteiger partial charge >= 0.3 is 0 Å². The minimum atomic E-state index is -0.857. The molecular weight excluding hydrogens is 285 g/mol. The van der Waals surface area contributed by atoms with E-state index in [2.05, 4.69) is 5.32 Å². The van der Waals surface area contributed by atoms with Gasteiger partial charge in [-0.2, -0.15) is 0 Å². The van der Waals surface area contributed by atoms with E-state index in [-0.39, 0.29) is 17.1 Å². The largest absolute Gasteiger partial charge is 0.386 e. The van der Waals surface area contributed by atoms with E-state index in [0.717, 1.165) is 19.3 Å². The first kappa shape index (κ1) is 16.9. The highest BCUT2D eigenvalue weighted by molar-refractivity contribution is 5.83. The van der Waals surface area contributed by atoms with Crippen molar-refractivity contribution < 1.29 is 19.0 Å². The average Bonchev–Trinajstić information content (AvgIpc) is 2.46. The Balaban J connectivity index is 1.96. The van der Waals surface area contributed by atoms with Gasteiger partial charge < -0.3 is 15.2 Å². The topological polar surface area (TPSA) is 58.6 Å². The molecule has 0 bridgehead atoms. The van der Waals surface area contributed by atoms with Gasteiger partial charge in [0.2, 0.25) is 5.91 Å². The maximum atomic E-state index is 12.9. The Morgan fingerprint density at radius 3 is 2.55 bits per heavy atom. The predicted molar refractivity (Wildman–Crippen MR) is 81.7 cm³/mol. The first-order valence-corrected chi connectivity index (χ1v) is 7.72. The zero-order chi connectivity index (χ0) is 16.2. The molecule has 0 radical (unpaired) electrons. The maximum absolute atomic E-state index is 12.9. The van der Waals surface area contributed by atoms with Crippen LogP contribution in [0.2, 0.25) is 0 Å². The van der Waals surface area contributed by atoms with Crippen molar-refractivity contribution in [2.24, 2.45) is 5.41 Å². The third-order valence-corrected chi connectivity index (χ3v) is 4.62. The van der Waals surface area contributed by atoms with Gasteiger partial charge in [-0.3, -0.25) is 4.79 Å². The summed E-state index contributed by atoms with van der Waals surface area (Å²) in [6.07, 6.45) is 2.62. The third-order valence-electron chi connectivity index (χ3n) is 4.62. The molecule has 0 saturated heterocycles. The van der Waals surface area contributed by atoms with Gasteiger partial charge in [0, 0.05) is 13.7 Å². The number of carbonyl (C=O) groups excluding carboxylic acids is 1. The second-order valence-corrected chi connectivity index (χ2v) is 6.14. The molecule has 2 rings (SSSR count). The molecule has 5 heteroatoms. The van der Waals surface area contributed by atoms with Gasteiger partial charge in [0.15, 0.2) is 0 Å². The van der Waals surface area contributed by atoms with Crippen LogP contribution in [0.25, 0.3) is 0 Å². The maximum Gasteiger partial charge on any atom is 0.226 e. The van der Waals surface area contributed by atoms with Gasteiger partial charge in [-0.05, 0) is 43.9 Å². The van der Waals surface area contributed by atoms with E-state index in [0.29, 0.717) is 18.6 Å². The summed E-state index contributed by atoms with van der Waals surface area (Å²) in [5, 5.41) is 13.2. The first-order chi connectivity index (χ1) is 10.5. The summed E-state index contributed by atoms with van der Waals surface area (Å²) in [6.45, 7) is 2.32. The molecule has 1 fully saturated rings. The second kappa shape index (κ2) is 7.20. The van der Waals surface area contributed by atoms with Crippen LogP contribution in [0.5, 0.6) is 0 Å². The summed E-state index contributed by atoms with van der Waals surface area (Å²) >= 11 is 0. The molecule has 1 aliphatic rings. The van der Waals surface area contributed by atoms with Gasteiger partial charge in [-0.15, -0.1) is 0 Å². The molecule has 1 saturated carbocycles. The van der Waals surface area contributed by atoms with Crippen LogP contribution in [-0.2, 0) is 9.53 Å². The van der Waals surface area contributed by atoms with E-state index in [1.54, 1.807) is 14.0 Å². The van der Waals surface area contributed by atoms with Gasteiger partial charge in [-0.25, -0.2) is 4.39 Å². The molecular formula is C17H24FNO3. The number of rotatable bonds is 7. The van der Waals surface area contributed by atoms with Crippen LogP contribution in [0.4, 0.5) is 4.39 Å². The average molecular weight is 309 g/mol. The Morgan fingerprint density at radius 1 is 1.41 bits per heavy atom. The Kier molecular flexibility index (Phi) is 5.53. The smallest absolute Gasteiger partial charge is 0.226 e. The van der Waals surface area contributed by atoms with Crippen molar-refractivity contribution in [3.8, 4) is 0 Å². The SMILES string of the molecule is COCCC1(C(=O)NC(C)C(O)c2ccc(F)cc2)CCC1. The number of methoxy groups -OCH3 is 1. The lowest BCUT2D eigenvalue weighted by molar-refractivity contribution is -0.139. The van der Waals surface area contributed by atoms with Gasteiger partial charge in [0.05, 0.1) is 17.6 Å². The second-order valence-electron chi connectivity index (χ2n) is 6.14. The molecule has 1 amide bonds. The highest BCUT2D eigenvalue weighted by Gasteiger charge is 2.44. The van der Waals surface area contributed by atoms with E-state index in [1.165, 1.54) is 24.3 Å². The molecule has 0 heterocycles. The monoisotopic (exact) mass is 309 g/mol. The Hall–Kier alpha value is -1.46. The molecule has 1 aromatic carbocycles. The molecule has 0 aromatic heterocycles. The van der Waals surface area contributed by atoms with Crippen molar-refractivity contribution in [3.05, 3.63) is 35.6 Å². The minimum Gasteiger partial charge on any atom is -0.386 e. The van der Waals surface area contributed by atoms with E-state index in [1.807, 2.05) is 0 Å². The fourth-order valence-corrected chi connectivity index (χ4v) is 2.88. The van der Waals surface area contributed by atoms with Crippen molar-refractivity contribution >= 4 is 5.91 Å². The number of aliphatic hydroxyl groups excluding tert-OH is 1. The molecule has 2 unspecified atom stereocenters. The summed E-state index contributed by atoms with van der Waals surface area (Å²) in [6, 6.07) is 5.25. The number of hydrogen-bond donors (Lipinski definition) is 2. The first-order valence-electron chi connectivity index (χ1n) is 7.72. The van der Waals surface area contributed by atoms with Crippen LogP contribution >= 0.6 is 0 Å². The van der Waals surface area contributed by atoms with Gasteiger partial charge in [0.1, 0.15) is 5.82 Å². The number of aliphatic hydroxyl groups is 1. The molecule has 0 spiro atoms. The quantitative estimate of drug-likeness (QED) is 0.814. The number of benzene rings is 1. The number of amides is 1. The van der Waals surface area contributed by atoms with Crippen LogP contribution in [-0.4, -0.2) is 30.8 Å². The number of halogens is 1. The molecule has 1 aliphatic carbocycles. The summed E-state index contributed by atoms with van der Waals surface area (Å²) in [5.74, 6) is -0.370. The number of carbonyl (C=O) groups is 1. The lowest BCUT2D eigenvalue weighted by atomic mass is 9.66. The van der Waals surface area contributed by atoms with Crippen molar-refractivity contribution in [3.63, 3.8) is 0 Å². The Labute approximate surface area is 130 Å². The normalized spacial score (nSPS) is 19.1. The van der Waals surface area contributed by atoms with Gasteiger partial charge in [0.25, 0.3) is 0 Å². The fraction of sp³-hybridized carbons (Fsp3) is 0.588. The zero-order valence-electron chi connectivity index (χ0n) is 13.1. The Morgan fingerprint density at radius 2 is 2.05 bits per heavy atom. The number of ether oxygens (including phenoxy) is 1. The molecule has 2 N–H and O–H groups in total. The van der Waals surface area contributed by atoms with Crippen LogP contribution < -0.4 is 5.32 Å². The zero-order valence-corrected chi connectivity index (χ0v) is 13.1. The highest BCUT2D eigenvalue weighted by Crippen LogP contribution is 2.44. The summed E-state index contributed by atoms with van der Waals surface area (Å²) < 4.78 is 18.0. The van der Waals surface area contributed by atoms with Crippen molar-refractivity contribution in [2.75, 3.05) is 13.7 Å². The lowest BCUT2D eigenvalue weighted by Crippen LogP contribution is -2.50. The van der Waals surface area contributed by atoms with E-state index >= 15 is 0 Å². The van der Waals surface area contributed by atoms with Crippen molar-refractivity contribution in [1.82, 2.24) is 5.32 Å².